The van der Waals surface area contributed by atoms with E-state index in [1.54, 1.807) is 0 Å². The van der Waals surface area contributed by atoms with Crippen LogP contribution in [0.25, 0.3) is 0 Å². The second-order valence-corrected chi connectivity index (χ2v) is 18.0. The highest BCUT2D eigenvalue weighted by Crippen LogP contribution is 2.51. The molecule has 0 amide bonds. The van der Waals surface area contributed by atoms with Crippen molar-refractivity contribution in [1.29, 1.82) is 0 Å². The summed E-state index contributed by atoms with van der Waals surface area (Å²) in [5.74, 6) is 0.756. The van der Waals surface area contributed by atoms with Crippen LogP contribution in [0, 0.1) is 5.92 Å². The lowest BCUT2D eigenvalue weighted by Gasteiger charge is -2.42. The van der Waals surface area contributed by atoms with Crippen molar-refractivity contribution in [1.82, 2.24) is 0 Å². The van der Waals surface area contributed by atoms with Gasteiger partial charge in [-0.2, -0.15) is 0 Å². The van der Waals surface area contributed by atoms with Crippen molar-refractivity contribution in [2.45, 2.75) is 95.5 Å². The Hall–Kier alpha value is 0.0569. The zero-order chi connectivity index (χ0) is 21.4. The Morgan fingerprint density at radius 1 is 0.929 bits per heavy atom. The Bertz CT molecular complexity index is 551. The van der Waals surface area contributed by atoms with Crippen LogP contribution < -0.4 is 0 Å². The molecule has 1 aromatic rings. The first kappa shape index (κ1) is 26.1. The summed E-state index contributed by atoms with van der Waals surface area (Å²) in [6.07, 6.45) is 2.67. The number of hydrogen-bond acceptors (Lipinski definition) is 4. The molecule has 0 saturated heterocycles. The molecule has 5 heteroatoms. The predicted molar refractivity (Wildman–Crippen MR) is 131 cm³/mol. The van der Waals surface area contributed by atoms with Crippen molar-refractivity contribution < 1.29 is 9.47 Å². The van der Waals surface area contributed by atoms with Gasteiger partial charge in [-0.05, 0) is 55.3 Å². The lowest BCUT2D eigenvalue weighted by molar-refractivity contribution is 0.00410. The van der Waals surface area contributed by atoms with Gasteiger partial charge in [-0.3, -0.25) is 0 Å². The Morgan fingerprint density at radius 2 is 1.50 bits per heavy atom. The van der Waals surface area contributed by atoms with Crippen molar-refractivity contribution in [2.24, 2.45) is 5.92 Å². The van der Waals surface area contributed by atoms with Crippen LogP contribution in [0.15, 0.2) is 29.2 Å². The highest BCUT2D eigenvalue weighted by molar-refractivity contribution is 8.76. The Kier molecular flexibility index (Phi) is 11.2. The molecule has 1 atom stereocenters. The molecule has 0 aliphatic heterocycles. The molecule has 0 radical (unpaired) electrons. The van der Waals surface area contributed by atoms with E-state index in [0.717, 1.165) is 5.92 Å². The molecular weight excluding hydrogens is 400 g/mol. The minimum absolute atomic E-state index is 0.153. The van der Waals surface area contributed by atoms with Crippen molar-refractivity contribution in [3.8, 4) is 0 Å². The zero-order valence-corrected chi connectivity index (χ0v) is 22.1. The molecule has 0 bridgehead atoms. The molecule has 0 fully saturated rings. The third-order valence-electron chi connectivity index (χ3n) is 5.49. The van der Waals surface area contributed by atoms with Gasteiger partial charge in [0.2, 0.25) is 0 Å². The SMILES string of the molecule is CC(C)CCc1ccc(SSC(OCCOC(C)C)C(C)(C)[Si](C)(C)C)cc1. The van der Waals surface area contributed by atoms with Crippen LogP contribution in [0.1, 0.15) is 53.5 Å². The predicted octanol–water partition coefficient (Wildman–Crippen LogP) is 7.90. The van der Waals surface area contributed by atoms with Crippen molar-refractivity contribution in [2.75, 3.05) is 13.2 Å². The highest BCUT2D eigenvalue weighted by atomic mass is 33.1. The fourth-order valence-electron chi connectivity index (χ4n) is 2.42. The van der Waals surface area contributed by atoms with Gasteiger partial charge in [-0.1, -0.05) is 81.1 Å². The first-order valence-electron chi connectivity index (χ1n) is 10.6. The smallest absolute Gasteiger partial charge is 0.116 e. The third-order valence-corrected chi connectivity index (χ3v) is 12.7. The first-order valence-corrected chi connectivity index (χ1v) is 16.3. The van der Waals surface area contributed by atoms with E-state index in [9.17, 15) is 0 Å². The summed E-state index contributed by atoms with van der Waals surface area (Å²) in [4.78, 5) is 1.30. The average molecular weight is 443 g/mol. The van der Waals surface area contributed by atoms with Gasteiger partial charge >= 0.3 is 0 Å². The van der Waals surface area contributed by atoms with Crippen molar-refractivity contribution in [3.05, 3.63) is 29.8 Å². The van der Waals surface area contributed by atoms with Crippen LogP contribution in [-0.2, 0) is 15.9 Å². The maximum atomic E-state index is 6.35. The average Bonchev–Trinajstić information content (AvgIpc) is 2.58. The number of hydrogen-bond donors (Lipinski definition) is 0. The van der Waals surface area contributed by atoms with Gasteiger partial charge in [-0.15, -0.1) is 0 Å². The summed E-state index contributed by atoms with van der Waals surface area (Å²) in [6, 6.07) is 9.07. The Balaban J connectivity index is 2.69. The monoisotopic (exact) mass is 442 g/mol. The van der Waals surface area contributed by atoms with Gasteiger partial charge in [0.25, 0.3) is 0 Å². The zero-order valence-electron chi connectivity index (χ0n) is 19.5. The second-order valence-electron chi connectivity index (χ2n) is 9.85. The van der Waals surface area contributed by atoms with Crippen LogP contribution in [0.2, 0.25) is 24.7 Å². The molecule has 0 spiro atoms. The van der Waals surface area contributed by atoms with Crippen molar-refractivity contribution >= 4 is 29.7 Å². The summed E-state index contributed by atoms with van der Waals surface area (Å²) < 4.78 is 12.0. The van der Waals surface area contributed by atoms with E-state index in [-0.39, 0.29) is 16.6 Å². The van der Waals surface area contributed by atoms with Gasteiger partial charge in [0.1, 0.15) is 5.44 Å². The van der Waals surface area contributed by atoms with Crippen LogP contribution in [0.3, 0.4) is 0 Å². The Morgan fingerprint density at radius 3 is 2.00 bits per heavy atom. The van der Waals surface area contributed by atoms with Gasteiger partial charge in [0.15, 0.2) is 0 Å². The number of ether oxygens (including phenoxy) is 2. The van der Waals surface area contributed by atoms with E-state index in [1.165, 1.54) is 23.3 Å². The molecule has 1 unspecified atom stereocenters. The second kappa shape index (κ2) is 12.0. The van der Waals surface area contributed by atoms with E-state index in [4.69, 9.17) is 9.47 Å². The summed E-state index contributed by atoms with van der Waals surface area (Å²) in [6.45, 7) is 22.1. The maximum absolute atomic E-state index is 6.35. The highest BCUT2D eigenvalue weighted by Gasteiger charge is 2.42. The van der Waals surface area contributed by atoms with E-state index >= 15 is 0 Å². The Labute approximate surface area is 183 Å². The molecule has 0 N–H and O–H groups in total. The topological polar surface area (TPSA) is 18.5 Å². The number of rotatable bonds is 13. The summed E-state index contributed by atoms with van der Waals surface area (Å²) in [5.41, 5.74) is 1.59. The summed E-state index contributed by atoms with van der Waals surface area (Å²) in [7, 11) is 2.31. The molecule has 1 aromatic carbocycles. The largest absolute Gasteiger partial charge is 0.376 e. The molecular formula is C23H42O2S2Si. The van der Waals surface area contributed by atoms with Gasteiger partial charge in [0, 0.05) is 4.90 Å². The molecule has 0 aliphatic rings. The molecule has 0 aromatic heterocycles. The summed E-state index contributed by atoms with van der Waals surface area (Å²) in [5, 5.41) is 0.166. The molecule has 0 heterocycles. The maximum Gasteiger partial charge on any atom is 0.116 e. The first-order chi connectivity index (χ1) is 12.9. The molecule has 2 nitrogen and oxygen atoms in total. The van der Waals surface area contributed by atoms with Gasteiger partial charge in [0.05, 0.1) is 27.4 Å². The van der Waals surface area contributed by atoms with E-state index in [2.05, 4.69) is 85.4 Å². The number of benzene rings is 1. The van der Waals surface area contributed by atoms with Crippen LogP contribution in [0.4, 0.5) is 0 Å². The lowest BCUT2D eigenvalue weighted by atomic mass is 10.0. The van der Waals surface area contributed by atoms with E-state index in [0.29, 0.717) is 13.2 Å². The van der Waals surface area contributed by atoms with Crippen molar-refractivity contribution in [3.63, 3.8) is 0 Å². The number of aryl methyl sites for hydroxylation is 1. The molecule has 1 rings (SSSR count). The van der Waals surface area contributed by atoms with E-state index in [1.807, 2.05) is 21.6 Å². The standard InChI is InChI=1S/C23H42O2S2Si/c1-18(2)10-11-20-12-14-21(15-13-20)26-27-22(23(5,6)28(7,8)9)25-17-16-24-19(3)4/h12-15,18-19,22H,10-11,16-17H2,1-9H3. The fraction of sp³-hybridized carbons (Fsp3) is 0.739. The van der Waals surface area contributed by atoms with Crippen LogP contribution >= 0.6 is 21.6 Å². The summed E-state index contributed by atoms with van der Waals surface area (Å²) >= 11 is 0. The fourth-order valence-corrected chi connectivity index (χ4v) is 7.35. The minimum Gasteiger partial charge on any atom is -0.376 e. The quantitative estimate of drug-likeness (QED) is 0.134. The normalized spacial score (nSPS) is 14.1. The van der Waals surface area contributed by atoms with Gasteiger partial charge < -0.3 is 9.47 Å². The molecule has 0 aliphatic carbocycles. The van der Waals surface area contributed by atoms with Gasteiger partial charge in [-0.25, -0.2) is 0 Å². The molecule has 28 heavy (non-hydrogen) atoms. The molecule has 0 saturated carbocycles. The minimum atomic E-state index is -1.40. The van der Waals surface area contributed by atoms with E-state index < -0.39 is 8.07 Å². The van der Waals surface area contributed by atoms with Crippen LogP contribution in [-0.4, -0.2) is 32.8 Å². The lowest BCUT2D eigenvalue weighted by Crippen LogP contribution is -2.43. The third kappa shape index (κ3) is 9.25. The molecule has 162 valence electrons. The van der Waals surface area contributed by atoms with Crippen LogP contribution in [0.5, 0.6) is 0 Å².